The van der Waals surface area contributed by atoms with Crippen LogP contribution in [0.15, 0.2) is 6.20 Å². The van der Waals surface area contributed by atoms with Gasteiger partial charge in [0.1, 0.15) is 6.20 Å². The van der Waals surface area contributed by atoms with Gasteiger partial charge in [-0.05, 0) is 19.8 Å². The number of hydrogen-bond acceptors (Lipinski definition) is 6. The standard InChI is InChI=1S/C13H21N5O5/c1-13(23-3)5-7-17(6-4-10(13)15-12(19)20)11-9(18(21)22)8-14-16(11)2/h8,10,15H,4-7H2,1-3H3,(H,19,20). The largest absolute Gasteiger partial charge is 0.465 e. The molecule has 23 heavy (non-hydrogen) atoms. The highest BCUT2D eigenvalue weighted by Crippen LogP contribution is 2.32. The fourth-order valence-corrected chi connectivity index (χ4v) is 2.98. The van der Waals surface area contributed by atoms with Gasteiger partial charge in [-0.3, -0.25) is 10.1 Å². The Morgan fingerprint density at radius 3 is 2.87 bits per heavy atom. The van der Waals surface area contributed by atoms with Crippen LogP contribution in [0.25, 0.3) is 0 Å². The fraction of sp³-hybridized carbons (Fsp3) is 0.692. The zero-order chi connectivity index (χ0) is 17.2. The summed E-state index contributed by atoms with van der Waals surface area (Å²) in [5.41, 5.74) is -0.739. The third-order valence-corrected chi connectivity index (χ3v) is 4.45. The number of rotatable bonds is 4. The van der Waals surface area contributed by atoms with E-state index in [2.05, 4.69) is 10.4 Å². The third kappa shape index (κ3) is 3.36. The number of aromatic nitrogens is 2. The van der Waals surface area contributed by atoms with E-state index in [0.29, 0.717) is 31.7 Å². The normalized spacial score (nSPS) is 25.0. The molecule has 1 saturated heterocycles. The van der Waals surface area contributed by atoms with Crippen LogP contribution in [0.3, 0.4) is 0 Å². The number of ether oxygens (including phenoxy) is 1. The molecule has 0 spiro atoms. The zero-order valence-corrected chi connectivity index (χ0v) is 13.4. The van der Waals surface area contributed by atoms with Crippen molar-refractivity contribution in [2.75, 3.05) is 25.1 Å². The lowest BCUT2D eigenvalue weighted by Gasteiger charge is -2.34. The molecule has 1 aliphatic rings. The second-order valence-corrected chi connectivity index (χ2v) is 5.78. The van der Waals surface area contributed by atoms with Crippen LogP contribution in [0.5, 0.6) is 0 Å². The van der Waals surface area contributed by atoms with Crippen LogP contribution in [0.2, 0.25) is 0 Å². The van der Waals surface area contributed by atoms with E-state index in [1.807, 2.05) is 11.8 Å². The summed E-state index contributed by atoms with van der Waals surface area (Å²) in [7, 11) is 3.19. The first-order valence-electron chi connectivity index (χ1n) is 7.24. The molecule has 2 N–H and O–H groups in total. The predicted octanol–water partition coefficient (Wildman–Crippen LogP) is 0.970. The Morgan fingerprint density at radius 1 is 1.61 bits per heavy atom. The van der Waals surface area contributed by atoms with E-state index in [0.717, 1.165) is 0 Å². The van der Waals surface area contributed by atoms with Crippen LogP contribution in [-0.2, 0) is 11.8 Å². The minimum absolute atomic E-state index is 0.0590. The van der Waals surface area contributed by atoms with Crippen molar-refractivity contribution in [3.05, 3.63) is 16.3 Å². The average Bonchev–Trinajstić information content (AvgIpc) is 2.79. The first-order valence-corrected chi connectivity index (χ1v) is 7.24. The molecule has 0 bridgehead atoms. The number of anilines is 1. The van der Waals surface area contributed by atoms with E-state index < -0.39 is 22.7 Å². The van der Waals surface area contributed by atoms with Crippen LogP contribution >= 0.6 is 0 Å². The Hall–Kier alpha value is -2.36. The Morgan fingerprint density at radius 2 is 2.30 bits per heavy atom. The summed E-state index contributed by atoms with van der Waals surface area (Å²) >= 11 is 0. The van der Waals surface area contributed by atoms with Crippen molar-refractivity contribution in [1.29, 1.82) is 0 Å². The second-order valence-electron chi connectivity index (χ2n) is 5.78. The molecule has 1 aromatic rings. The highest BCUT2D eigenvalue weighted by atomic mass is 16.6. The molecular weight excluding hydrogens is 306 g/mol. The number of amides is 1. The van der Waals surface area contributed by atoms with E-state index in [4.69, 9.17) is 9.84 Å². The Bertz CT molecular complexity index is 604. The van der Waals surface area contributed by atoms with Gasteiger partial charge in [0.05, 0.1) is 16.6 Å². The molecule has 128 valence electrons. The van der Waals surface area contributed by atoms with Gasteiger partial charge in [0.25, 0.3) is 0 Å². The monoisotopic (exact) mass is 327 g/mol. The lowest BCUT2D eigenvalue weighted by atomic mass is 9.91. The number of nitro groups is 1. The molecule has 10 nitrogen and oxygen atoms in total. The molecule has 0 aliphatic carbocycles. The van der Waals surface area contributed by atoms with Crippen molar-refractivity contribution in [1.82, 2.24) is 15.1 Å². The lowest BCUT2D eigenvalue weighted by Crippen LogP contribution is -2.51. The number of methoxy groups -OCH3 is 1. The molecule has 0 aromatic carbocycles. The van der Waals surface area contributed by atoms with Crippen molar-refractivity contribution in [2.45, 2.75) is 31.4 Å². The Labute approximate surface area is 133 Å². The number of carbonyl (C=O) groups is 1. The number of hydrogen-bond donors (Lipinski definition) is 2. The first-order chi connectivity index (χ1) is 10.8. The van der Waals surface area contributed by atoms with Crippen LogP contribution in [0.1, 0.15) is 19.8 Å². The van der Waals surface area contributed by atoms with Crippen molar-refractivity contribution in [3.63, 3.8) is 0 Å². The summed E-state index contributed by atoms with van der Waals surface area (Å²) in [5, 5.41) is 26.6. The van der Waals surface area contributed by atoms with Gasteiger partial charge in [0.2, 0.25) is 5.82 Å². The number of nitrogens with one attached hydrogen (secondary N) is 1. The van der Waals surface area contributed by atoms with E-state index in [9.17, 15) is 14.9 Å². The highest BCUT2D eigenvalue weighted by Gasteiger charge is 2.39. The van der Waals surface area contributed by atoms with E-state index in [-0.39, 0.29) is 5.69 Å². The van der Waals surface area contributed by atoms with Gasteiger partial charge in [0, 0.05) is 27.2 Å². The van der Waals surface area contributed by atoms with Gasteiger partial charge >= 0.3 is 11.8 Å². The molecular formula is C13H21N5O5. The third-order valence-electron chi connectivity index (χ3n) is 4.45. The summed E-state index contributed by atoms with van der Waals surface area (Å²) in [4.78, 5) is 23.6. The van der Waals surface area contributed by atoms with Gasteiger partial charge in [-0.1, -0.05) is 0 Å². The molecule has 1 fully saturated rings. The van der Waals surface area contributed by atoms with Gasteiger partial charge in [-0.25, -0.2) is 9.48 Å². The molecule has 2 heterocycles. The Balaban J connectivity index is 2.28. The summed E-state index contributed by atoms with van der Waals surface area (Å²) in [5.74, 6) is 0.421. The summed E-state index contributed by atoms with van der Waals surface area (Å²) in [6.45, 7) is 2.81. The van der Waals surface area contributed by atoms with E-state index >= 15 is 0 Å². The van der Waals surface area contributed by atoms with Crippen molar-refractivity contribution < 1.29 is 19.6 Å². The molecule has 1 aliphatic heterocycles. The lowest BCUT2D eigenvalue weighted by molar-refractivity contribution is -0.384. The highest BCUT2D eigenvalue weighted by molar-refractivity contribution is 5.65. The second kappa shape index (κ2) is 6.41. The first kappa shape index (κ1) is 17.0. The van der Waals surface area contributed by atoms with Crippen LogP contribution in [0, 0.1) is 10.1 Å². The molecule has 1 aromatic heterocycles. The fourth-order valence-electron chi connectivity index (χ4n) is 2.98. The average molecular weight is 327 g/mol. The maximum Gasteiger partial charge on any atom is 0.404 e. The minimum atomic E-state index is -1.11. The molecule has 2 rings (SSSR count). The topological polar surface area (TPSA) is 123 Å². The summed E-state index contributed by atoms with van der Waals surface area (Å²) < 4.78 is 7.00. The molecule has 2 unspecified atom stereocenters. The van der Waals surface area contributed by atoms with Crippen molar-refractivity contribution >= 4 is 17.6 Å². The quantitative estimate of drug-likeness (QED) is 0.624. The SMILES string of the molecule is COC1(C)CCN(c2c([N+](=O)[O-])cnn2C)CCC1NC(=O)O. The van der Waals surface area contributed by atoms with E-state index in [1.165, 1.54) is 10.9 Å². The maximum atomic E-state index is 11.2. The van der Waals surface area contributed by atoms with Crippen LogP contribution in [0.4, 0.5) is 16.3 Å². The van der Waals surface area contributed by atoms with Gasteiger partial charge < -0.3 is 20.1 Å². The summed E-state index contributed by atoms with van der Waals surface area (Å²) in [6.07, 6.45) is 1.11. The molecule has 0 saturated carbocycles. The smallest absolute Gasteiger partial charge is 0.404 e. The molecule has 1 amide bonds. The predicted molar refractivity (Wildman–Crippen MR) is 81.7 cm³/mol. The van der Waals surface area contributed by atoms with E-state index in [1.54, 1.807) is 14.2 Å². The number of nitrogens with zero attached hydrogens (tertiary/aromatic N) is 4. The van der Waals surface area contributed by atoms with Crippen molar-refractivity contribution in [3.8, 4) is 0 Å². The molecule has 0 radical (unpaired) electrons. The summed E-state index contributed by atoms with van der Waals surface area (Å²) in [6, 6.07) is -0.401. The van der Waals surface area contributed by atoms with Gasteiger partial charge in [-0.2, -0.15) is 5.10 Å². The molecule has 10 heteroatoms. The maximum absolute atomic E-state index is 11.2. The van der Waals surface area contributed by atoms with Crippen LogP contribution < -0.4 is 10.2 Å². The van der Waals surface area contributed by atoms with Crippen molar-refractivity contribution in [2.24, 2.45) is 7.05 Å². The number of aryl methyl sites for hydroxylation is 1. The number of carboxylic acid groups (broad SMARTS) is 1. The Kier molecular flexibility index (Phi) is 4.73. The van der Waals surface area contributed by atoms with Crippen LogP contribution in [-0.4, -0.2) is 57.7 Å². The van der Waals surface area contributed by atoms with Gasteiger partial charge in [-0.15, -0.1) is 0 Å². The van der Waals surface area contributed by atoms with Gasteiger partial charge in [0.15, 0.2) is 0 Å². The zero-order valence-electron chi connectivity index (χ0n) is 13.4. The minimum Gasteiger partial charge on any atom is -0.465 e. The molecule has 2 atom stereocenters.